The number of likely N-dealkylation sites (tertiary alicyclic amines) is 1. The van der Waals surface area contributed by atoms with E-state index in [1.807, 2.05) is 30.3 Å². The van der Waals surface area contributed by atoms with E-state index in [-0.39, 0.29) is 12.0 Å². The van der Waals surface area contributed by atoms with Gasteiger partial charge < -0.3 is 14.9 Å². The van der Waals surface area contributed by atoms with Crippen LogP contribution in [0, 0.1) is 5.41 Å². The van der Waals surface area contributed by atoms with Gasteiger partial charge in [-0.1, -0.05) is 31.5 Å². The number of aromatic nitrogens is 1. The third-order valence-electron chi connectivity index (χ3n) is 5.57. The minimum absolute atomic E-state index is 0.0676. The van der Waals surface area contributed by atoms with Crippen molar-refractivity contribution in [3.05, 3.63) is 59.9 Å². The fraction of sp³-hybridized carbons (Fsp3) is 0.500. The van der Waals surface area contributed by atoms with Gasteiger partial charge >= 0.3 is 0 Å². The quantitative estimate of drug-likeness (QED) is 0.748. The monoisotopic (exact) mass is 370 g/mol. The molecule has 0 radical (unpaired) electrons. The SMILES string of the molecule is CCC[C@]1(CO)CCN(Cc2ccc(OCc3ccccn3)cc2)C[C@@H]1O. The largest absolute Gasteiger partial charge is 0.487 e. The number of aliphatic hydroxyl groups is 2. The number of rotatable bonds is 8. The zero-order chi connectivity index (χ0) is 19.1. The van der Waals surface area contributed by atoms with Gasteiger partial charge in [-0.15, -0.1) is 0 Å². The Morgan fingerprint density at radius 2 is 2.04 bits per heavy atom. The molecule has 0 bridgehead atoms. The Kier molecular flexibility index (Phi) is 6.83. The summed E-state index contributed by atoms with van der Waals surface area (Å²) in [6.45, 7) is 4.94. The van der Waals surface area contributed by atoms with Crippen molar-refractivity contribution in [1.29, 1.82) is 0 Å². The molecule has 5 heteroatoms. The van der Waals surface area contributed by atoms with Gasteiger partial charge in [0.2, 0.25) is 0 Å². The highest BCUT2D eigenvalue weighted by Crippen LogP contribution is 2.36. The van der Waals surface area contributed by atoms with Gasteiger partial charge in [-0.2, -0.15) is 0 Å². The first-order valence-corrected chi connectivity index (χ1v) is 9.78. The van der Waals surface area contributed by atoms with Gasteiger partial charge in [0, 0.05) is 24.7 Å². The Morgan fingerprint density at radius 3 is 2.67 bits per heavy atom. The molecule has 1 saturated heterocycles. The zero-order valence-corrected chi connectivity index (χ0v) is 16.1. The molecule has 2 heterocycles. The average molecular weight is 370 g/mol. The van der Waals surface area contributed by atoms with E-state index in [9.17, 15) is 10.2 Å². The number of ether oxygens (including phenoxy) is 1. The normalized spacial score (nSPS) is 23.3. The minimum Gasteiger partial charge on any atom is -0.487 e. The molecule has 1 aliphatic heterocycles. The van der Waals surface area contributed by atoms with Gasteiger partial charge in [-0.05, 0) is 49.2 Å². The van der Waals surface area contributed by atoms with Crippen LogP contribution in [0.25, 0.3) is 0 Å². The summed E-state index contributed by atoms with van der Waals surface area (Å²) in [5.74, 6) is 0.824. The molecule has 0 saturated carbocycles. The van der Waals surface area contributed by atoms with E-state index in [0.29, 0.717) is 13.2 Å². The van der Waals surface area contributed by atoms with E-state index >= 15 is 0 Å². The van der Waals surface area contributed by atoms with Crippen LogP contribution >= 0.6 is 0 Å². The van der Waals surface area contributed by atoms with E-state index in [0.717, 1.165) is 43.8 Å². The maximum atomic E-state index is 10.6. The maximum absolute atomic E-state index is 10.6. The van der Waals surface area contributed by atoms with E-state index in [4.69, 9.17) is 4.74 Å². The molecule has 1 aromatic heterocycles. The van der Waals surface area contributed by atoms with Crippen LogP contribution in [-0.2, 0) is 13.2 Å². The van der Waals surface area contributed by atoms with Crippen LogP contribution in [-0.4, -0.2) is 45.9 Å². The van der Waals surface area contributed by atoms with Gasteiger partial charge in [-0.25, -0.2) is 0 Å². The van der Waals surface area contributed by atoms with Crippen LogP contribution < -0.4 is 4.74 Å². The third-order valence-corrected chi connectivity index (χ3v) is 5.57. The first kappa shape index (κ1) is 19.8. The highest BCUT2D eigenvalue weighted by atomic mass is 16.5. The molecular weight excluding hydrogens is 340 g/mol. The Balaban J connectivity index is 1.51. The van der Waals surface area contributed by atoms with Crippen molar-refractivity contribution in [2.45, 2.75) is 45.4 Å². The average Bonchev–Trinajstić information content (AvgIpc) is 2.70. The molecule has 0 aliphatic carbocycles. The third kappa shape index (κ3) is 5.06. The fourth-order valence-corrected chi connectivity index (χ4v) is 3.86. The number of piperidine rings is 1. The molecule has 27 heavy (non-hydrogen) atoms. The predicted octanol–water partition coefficient (Wildman–Crippen LogP) is 3.01. The number of hydrogen-bond donors (Lipinski definition) is 2. The molecule has 0 spiro atoms. The first-order chi connectivity index (χ1) is 13.1. The summed E-state index contributed by atoms with van der Waals surface area (Å²) in [6.07, 6.45) is 3.99. The molecule has 0 unspecified atom stereocenters. The number of aliphatic hydroxyl groups excluding tert-OH is 2. The molecule has 5 nitrogen and oxygen atoms in total. The van der Waals surface area contributed by atoms with Crippen molar-refractivity contribution in [3.8, 4) is 5.75 Å². The van der Waals surface area contributed by atoms with Crippen molar-refractivity contribution in [2.24, 2.45) is 5.41 Å². The van der Waals surface area contributed by atoms with Gasteiger partial charge in [0.25, 0.3) is 0 Å². The molecule has 146 valence electrons. The number of benzene rings is 1. The number of β-amino-alcohol motifs (C(OH)–C–C–N with tert-alkyl or cyclic N) is 1. The molecular formula is C22H30N2O3. The molecule has 1 fully saturated rings. The highest BCUT2D eigenvalue weighted by Gasteiger charge is 2.40. The van der Waals surface area contributed by atoms with E-state index in [1.165, 1.54) is 5.56 Å². The second kappa shape index (κ2) is 9.31. The van der Waals surface area contributed by atoms with Gasteiger partial charge in [-0.3, -0.25) is 9.88 Å². The highest BCUT2D eigenvalue weighted by molar-refractivity contribution is 5.27. The zero-order valence-electron chi connectivity index (χ0n) is 16.1. The van der Waals surface area contributed by atoms with Crippen LogP contribution in [0.2, 0.25) is 0 Å². The Bertz CT molecular complexity index is 692. The van der Waals surface area contributed by atoms with Gasteiger partial charge in [0.1, 0.15) is 12.4 Å². The molecule has 2 atom stereocenters. The smallest absolute Gasteiger partial charge is 0.130 e. The molecule has 1 aromatic carbocycles. The lowest BCUT2D eigenvalue weighted by Gasteiger charge is -2.44. The lowest BCUT2D eigenvalue weighted by molar-refractivity contribution is -0.0802. The number of pyridine rings is 1. The summed E-state index contributed by atoms with van der Waals surface area (Å²) in [4.78, 5) is 6.52. The van der Waals surface area contributed by atoms with Gasteiger partial charge in [0.05, 0.1) is 18.4 Å². The molecule has 3 rings (SSSR count). The predicted molar refractivity (Wildman–Crippen MR) is 105 cm³/mol. The molecule has 0 amide bonds. The van der Waals surface area contributed by atoms with Crippen molar-refractivity contribution in [1.82, 2.24) is 9.88 Å². The standard InChI is InChI=1S/C22H30N2O3/c1-2-10-22(17-25)11-13-24(15-21(22)26)14-18-6-8-20(9-7-18)27-16-19-5-3-4-12-23-19/h3-9,12,21,25-26H,2,10-11,13-17H2,1H3/t21-,22+/m0/s1. The van der Waals surface area contributed by atoms with Crippen molar-refractivity contribution >= 4 is 0 Å². The van der Waals surface area contributed by atoms with Gasteiger partial charge in [0.15, 0.2) is 0 Å². The van der Waals surface area contributed by atoms with Crippen LogP contribution in [0.5, 0.6) is 5.75 Å². The van der Waals surface area contributed by atoms with Crippen LogP contribution in [0.15, 0.2) is 48.7 Å². The Labute approximate surface area is 161 Å². The summed E-state index contributed by atoms with van der Waals surface area (Å²) in [5, 5.41) is 20.4. The van der Waals surface area contributed by atoms with E-state index in [1.54, 1.807) is 6.20 Å². The summed E-state index contributed by atoms with van der Waals surface area (Å²) in [6, 6.07) is 13.9. The first-order valence-electron chi connectivity index (χ1n) is 9.78. The fourth-order valence-electron chi connectivity index (χ4n) is 3.86. The summed E-state index contributed by atoms with van der Waals surface area (Å²) in [5.41, 5.74) is 1.77. The number of hydrogen-bond acceptors (Lipinski definition) is 5. The second-order valence-corrected chi connectivity index (χ2v) is 7.53. The second-order valence-electron chi connectivity index (χ2n) is 7.53. The van der Waals surface area contributed by atoms with E-state index < -0.39 is 6.10 Å². The molecule has 1 aliphatic rings. The topological polar surface area (TPSA) is 65.8 Å². The summed E-state index contributed by atoms with van der Waals surface area (Å²) < 4.78 is 5.78. The van der Waals surface area contributed by atoms with Crippen molar-refractivity contribution in [2.75, 3.05) is 19.7 Å². The number of nitrogens with zero attached hydrogens (tertiary/aromatic N) is 2. The molecule has 2 N–H and O–H groups in total. The summed E-state index contributed by atoms with van der Waals surface area (Å²) >= 11 is 0. The lowest BCUT2D eigenvalue weighted by atomic mass is 9.73. The molecule has 2 aromatic rings. The van der Waals surface area contributed by atoms with Crippen LogP contribution in [0.3, 0.4) is 0 Å². The van der Waals surface area contributed by atoms with Crippen molar-refractivity contribution < 1.29 is 14.9 Å². The minimum atomic E-state index is -0.475. The Hall–Kier alpha value is -1.95. The van der Waals surface area contributed by atoms with Crippen LogP contribution in [0.1, 0.15) is 37.4 Å². The Morgan fingerprint density at radius 1 is 1.22 bits per heavy atom. The summed E-state index contributed by atoms with van der Waals surface area (Å²) in [7, 11) is 0. The lowest BCUT2D eigenvalue weighted by Crippen LogP contribution is -2.52. The van der Waals surface area contributed by atoms with Crippen LogP contribution in [0.4, 0.5) is 0 Å². The van der Waals surface area contributed by atoms with Crippen molar-refractivity contribution in [3.63, 3.8) is 0 Å². The van der Waals surface area contributed by atoms with E-state index in [2.05, 4.69) is 28.9 Å². The maximum Gasteiger partial charge on any atom is 0.130 e.